The van der Waals surface area contributed by atoms with Crippen molar-refractivity contribution in [3.63, 3.8) is 0 Å². The molecule has 2 atom stereocenters. The van der Waals surface area contributed by atoms with Crippen LogP contribution < -0.4 is 5.32 Å². The Hall–Kier alpha value is -1.81. The summed E-state index contributed by atoms with van der Waals surface area (Å²) < 4.78 is 5.77. The molecule has 0 aliphatic carbocycles. The molecule has 120 valence electrons. The van der Waals surface area contributed by atoms with Gasteiger partial charge in [-0.25, -0.2) is 0 Å². The molecule has 2 aromatic rings. The molecule has 0 bridgehead atoms. The van der Waals surface area contributed by atoms with Crippen LogP contribution in [0.1, 0.15) is 45.8 Å². The van der Waals surface area contributed by atoms with E-state index in [1.807, 2.05) is 37.3 Å². The maximum atomic E-state index is 12.5. The zero-order valence-corrected chi connectivity index (χ0v) is 13.7. The molecule has 1 aromatic heterocycles. The molecule has 0 radical (unpaired) electrons. The number of hydrogen-bond donors (Lipinski definition) is 2. The fraction of sp³-hybridized carbons (Fsp3) is 0.500. The van der Waals surface area contributed by atoms with E-state index in [4.69, 9.17) is 4.42 Å². The quantitative estimate of drug-likeness (QED) is 0.889. The first-order chi connectivity index (χ1) is 10.3. The summed E-state index contributed by atoms with van der Waals surface area (Å²) in [5.41, 5.74) is 0.686. The average molecular weight is 303 g/mol. The molecule has 0 aliphatic heterocycles. The van der Waals surface area contributed by atoms with Gasteiger partial charge in [-0.2, -0.15) is 0 Å². The highest BCUT2D eigenvalue weighted by Crippen LogP contribution is 2.27. The van der Waals surface area contributed by atoms with Crippen LogP contribution in [0.2, 0.25) is 0 Å². The molecule has 4 heteroatoms. The first-order valence-electron chi connectivity index (χ1n) is 7.72. The van der Waals surface area contributed by atoms with Crippen molar-refractivity contribution in [2.24, 2.45) is 5.41 Å². The van der Waals surface area contributed by atoms with E-state index < -0.39 is 0 Å². The van der Waals surface area contributed by atoms with E-state index >= 15 is 0 Å². The van der Waals surface area contributed by atoms with Crippen LogP contribution >= 0.6 is 0 Å². The Morgan fingerprint density at radius 1 is 1.32 bits per heavy atom. The minimum atomic E-state index is -0.365. The fourth-order valence-electron chi connectivity index (χ4n) is 2.49. The number of aliphatic hydroxyl groups excluding tert-OH is 1. The Morgan fingerprint density at radius 2 is 2.00 bits per heavy atom. The summed E-state index contributed by atoms with van der Waals surface area (Å²) in [5, 5.41) is 13.2. The third-order valence-electron chi connectivity index (χ3n) is 4.04. The van der Waals surface area contributed by atoms with E-state index in [1.54, 1.807) is 0 Å². The fourth-order valence-corrected chi connectivity index (χ4v) is 2.49. The summed E-state index contributed by atoms with van der Waals surface area (Å²) in [5.74, 6) is 0.221. The van der Waals surface area contributed by atoms with Crippen LogP contribution in [0, 0.1) is 5.41 Å². The van der Waals surface area contributed by atoms with Crippen LogP contribution in [0.15, 0.2) is 34.7 Å². The SMILES string of the molecule is CC(C(=O)NC(CCO)C(C)(C)C)c1cc2ccccc2o1. The molecular weight excluding hydrogens is 278 g/mol. The molecule has 0 fully saturated rings. The third kappa shape index (κ3) is 3.69. The third-order valence-corrected chi connectivity index (χ3v) is 4.04. The van der Waals surface area contributed by atoms with E-state index in [1.165, 1.54) is 0 Å². The molecule has 22 heavy (non-hydrogen) atoms. The number of aliphatic hydroxyl groups is 1. The van der Waals surface area contributed by atoms with Crippen LogP contribution in [-0.4, -0.2) is 23.7 Å². The lowest BCUT2D eigenvalue weighted by Crippen LogP contribution is -2.45. The Kier molecular flexibility index (Phi) is 4.91. The standard InChI is InChI=1S/C18H25NO3/c1-12(15-11-13-7-5-6-8-14(13)22-15)17(21)19-16(9-10-20)18(2,3)4/h5-8,11-12,16,20H,9-10H2,1-4H3,(H,19,21). The zero-order valence-electron chi connectivity index (χ0n) is 13.7. The second kappa shape index (κ2) is 6.53. The van der Waals surface area contributed by atoms with Gasteiger partial charge < -0.3 is 14.8 Å². The molecule has 1 heterocycles. The van der Waals surface area contributed by atoms with E-state index in [9.17, 15) is 9.90 Å². The van der Waals surface area contributed by atoms with Gasteiger partial charge in [0.2, 0.25) is 5.91 Å². The number of rotatable bonds is 5. The first-order valence-corrected chi connectivity index (χ1v) is 7.72. The minimum absolute atomic E-state index is 0.0568. The molecule has 2 rings (SSSR count). The smallest absolute Gasteiger partial charge is 0.230 e. The number of furan rings is 1. The number of benzene rings is 1. The van der Waals surface area contributed by atoms with Crippen LogP contribution in [0.25, 0.3) is 11.0 Å². The summed E-state index contributed by atoms with van der Waals surface area (Å²) in [4.78, 5) is 12.5. The van der Waals surface area contributed by atoms with Gasteiger partial charge in [0.15, 0.2) is 0 Å². The largest absolute Gasteiger partial charge is 0.460 e. The molecule has 0 aliphatic rings. The highest BCUT2D eigenvalue weighted by Gasteiger charge is 2.28. The highest BCUT2D eigenvalue weighted by molar-refractivity contribution is 5.85. The predicted octanol–water partition coefficient (Wildman–Crippen LogP) is 3.45. The van der Waals surface area contributed by atoms with Crippen molar-refractivity contribution in [1.29, 1.82) is 0 Å². The van der Waals surface area contributed by atoms with E-state index in [0.717, 1.165) is 11.0 Å². The normalized spacial score (nSPS) is 14.8. The maximum absolute atomic E-state index is 12.5. The number of para-hydroxylation sites is 1. The summed E-state index contributed by atoms with van der Waals surface area (Å²) in [6.45, 7) is 8.06. The molecule has 2 N–H and O–H groups in total. The molecular formula is C18H25NO3. The lowest BCUT2D eigenvalue weighted by molar-refractivity contribution is -0.124. The molecule has 4 nitrogen and oxygen atoms in total. The van der Waals surface area contributed by atoms with Gasteiger partial charge in [0, 0.05) is 18.0 Å². The van der Waals surface area contributed by atoms with Crippen LogP contribution in [-0.2, 0) is 4.79 Å². The number of hydrogen-bond acceptors (Lipinski definition) is 3. The molecule has 2 unspecified atom stereocenters. The number of carbonyl (C=O) groups is 1. The Morgan fingerprint density at radius 3 is 2.59 bits per heavy atom. The van der Waals surface area contributed by atoms with Gasteiger partial charge in [0.1, 0.15) is 11.3 Å². The van der Waals surface area contributed by atoms with Gasteiger partial charge in [-0.3, -0.25) is 4.79 Å². The second-order valence-corrected chi connectivity index (χ2v) is 6.85. The van der Waals surface area contributed by atoms with Crippen molar-refractivity contribution < 1.29 is 14.3 Å². The second-order valence-electron chi connectivity index (χ2n) is 6.85. The van der Waals surface area contributed by atoms with Crippen molar-refractivity contribution in [3.8, 4) is 0 Å². The van der Waals surface area contributed by atoms with E-state index in [-0.39, 0.29) is 29.9 Å². The minimum Gasteiger partial charge on any atom is -0.460 e. The van der Waals surface area contributed by atoms with Gasteiger partial charge in [-0.05, 0) is 30.9 Å². The molecule has 1 aromatic carbocycles. The van der Waals surface area contributed by atoms with Crippen molar-refractivity contribution in [1.82, 2.24) is 5.32 Å². The summed E-state index contributed by atoms with van der Waals surface area (Å²) in [6.07, 6.45) is 0.544. The van der Waals surface area contributed by atoms with Gasteiger partial charge in [-0.1, -0.05) is 39.0 Å². The van der Waals surface area contributed by atoms with Crippen molar-refractivity contribution in [3.05, 3.63) is 36.1 Å². The lowest BCUT2D eigenvalue weighted by atomic mass is 9.84. The maximum Gasteiger partial charge on any atom is 0.230 e. The van der Waals surface area contributed by atoms with Crippen LogP contribution in [0.5, 0.6) is 0 Å². The van der Waals surface area contributed by atoms with Crippen molar-refractivity contribution >= 4 is 16.9 Å². The summed E-state index contributed by atoms with van der Waals surface area (Å²) in [6, 6.07) is 9.57. The number of carbonyl (C=O) groups excluding carboxylic acids is 1. The van der Waals surface area contributed by atoms with Gasteiger partial charge >= 0.3 is 0 Å². The van der Waals surface area contributed by atoms with E-state index in [0.29, 0.717) is 12.2 Å². The highest BCUT2D eigenvalue weighted by atomic mass is 16.3. The Labute approximate surface area is 131 Å². The van der Waals surface area contributed by atoms with Gasteiger partial charge in [0.25, 0.3) is 0 Å². The number of amides is 1. The average Bonchev–Trinajstić information content (AvgIpc) is 2.88. The monoisotopic (exact) mass is 303 g/mol. The van der Waals surface area contributed by atoms with E-state index in [2.05, 4.69) is 26.1 Å². The van der Waals surface area contributed by atoms with Crippen molar-refractivity contribution in [2.45, 2.75) is 46.1 Å². The lowest BCUT2D eigenvalue weighted by Gasteiger charge is -2.31. The summed E-state index contributed by atoms with van der Waals surface area (Å²) in [7, 11) is 0. The number of fused-ring (bicyclic) bond motifs is 1. The summed E-state index contributed by atoms with van der Waals surface area (Å²) >= 11 is 0. The first kappa shape index (κ1) is 16.6. The Bertz CT molecular complexity index is 606. The van der Waals surface area contributed by atoms with Crippen molar-refractivity contribution in [2.75, 3.05) is 6.61 Å². The predicted molar refractivity (Wildman–Crippen MR) is 87.7 cm³/mol. The van der Waals surface area contributed by atoms with Gasteiger partial charge in [-0.15, -0.1) is 0 Å². The topological polar surface area (TPSA) is 62.5 Å². The number of nitrogens with one attached hydrogen (secondary N) is 1. The van der Waals surface area contributed by atoms with Gasteiger partial charge in [0.05, 0.1) is 5.92 Å². The zero-order chi connectivity index (χ0) is 16.3. The van der Waals surface area contributed by atoms with Crippen LogP contribution in [0.4, 0.5) is 0 Å². The molecule has 0 saturated carbocycles. The molecule has 0 saturated heterocycles. The van der Waals surface area contributed by atoms with Crippen LogP contribution in [0.3, 0.4) is 0 Å². The molecule has 1 amide bonds. The molecule has 0 spiro atoms. The Balaban J connectivity index is 2.14.